The number of rotatable bonds is 5. The summed E-state index contributed by atoms with van der Waals surface area (Å²) in [6.45, 7) is 1.88. The van der Waals surface area contributed by atoms with Crippen molar-refractivity contribution in [2.75, 3.05) is 5.32 Å². The number of hydrogen-bond donors (Lipinski definition) is 2. The van der Waals surface area contributed by atoms with E-state index in [1.165, 1.54) is 12.3 Å². The predicted octanol–water partition coefficient (Wildman–Crippen LogP) is 3.87. The number of nitrogens with zero attached hydrogens (tertiary/aromatic N) is 2. The third-order valence-corrected chi connectivity index (χ3v) is 4.62. The lowest BCUT2D eigenvalue weighted by atomic mass is 9.98. The number of pyridine rings is 1. The van der Waals surface area contributed by atoms with Gasteiger partial charge in [-0.05, 0) is 35.7 Å². The number of benzene rings is 2. The van der Waals surface area contributed by atoms with Gasteiger partial charge in [0.15, 0.2) is 0 Å². The quantitative estimate of drug-likeness (QED) is 0.554. The van der Waals surface area contributed by atoms with Gasteiger partial charge in [0.1, 0.15) is 0 Å². The van der Waals surface area contributed by atoms with E-state index in [0.29, 0.717) is 12.1 Å². The van der Waals surface area contributed by atoms with Crippen LogP contribution in [0.5, 0.6) is 0 Å². The number of aryl methyl sites for hydroxylation is 1. The van der Waals surface area contributed by atoms with Gasteiger partial charge >= 0.3 is 0 Å². The number of nitrogens with one attached hydrogen (secondary N) is 1. The van der Waals surface area contributed by atoms with Gasteiger partial charge in [0.2, 0.25) is 5.76 Å². The second-order valence-electron chi connectivity index (χ2n) is 6.56. The Morgan fingerprint density at radius 1 is 1.07 bits per heavy atom. The van der Waals surface area contributed by atoms with E-state index in [9.17, 15) is 9.90 Å². The zero-order chi connectivity index (χ0) is 19.5. The van der Waals surface area contributed by atoms with Gasteiger partial charge in [-0.15, -0.1) is 0 Å². The summed E-state index contributed by atoms with van der Waals surface area (Å²) in [6.07, 6.45) is 2.02. The number of hydrogen-bond acceptors (Lipinski definition) is 5. The summed E-state index contributed by atoms with van der Waals surface area (Å²) in [4.78, 5) is 17.0. The third kappa shape index (κ3) is 3.50. The van der Waals surface area contributed by atoms with E-state index >= 15 is 0 Å². The molecule has 0 radical (unpaired) electrons. The van der Waals surface area contributed by atoms with Crippen LogP contribution >= 0.6 is 0 Å². The smallest absolute Gasteiger partial charge is 0.294 e. The molecule has 0 bridgehead atoms. The number of aliphatic hydroxyl groups excluding tert-OH is 1. The van der Waals surface area contributed by atoms with Crippen LogP contribution in [-0.4, -0.2) is 21.2 Å². The number of fused-ring (bicyclic) bond motifs is 1. The van der Waals surface area contributed by atoms with Crippen molar-refractivity contribution in [3.63, 3.8) is 0 Å². The Balaban J connectivity index is 1.71. The SMILES string of the molecule is Cc1cc(CO)c2cccc(Cc3ccccc3NC(=O)c3ccno3)c2n1. The first-order valence-electron chi connectivity index (χ1n) is 8.94. The summed E-state index contributed by atoms with van der Waals surface area (Å²) >= 11 is 0. The maximum absolute atomic E-state index is 12.3. The highest BCUT2D eigenvalue weighted by atomic mass is 16.5. The van der Waals surface area contributed by atoms with Crippen LogP contribution in [-0.2, 0) is 13.0 Å². The largest absolute Gasteiger partial charge is 0.392 e. The van der Waals surface area contributed by atoms with Crippen LogP contribution in [0.2, 0.25) is 0 Å². The van der Waals surface area contributed by atoms with Crippen LogP contribution in [0.3, 0.4) is 0 Å². The highest BCUT2D eigenvalue weighted by Gasteiger charge is 2.14. The molecule has 2 heterocycles. The molecule has 140 valence electrons. The van der Waals surface area contributed by atoms with Crippen molar-refractivity contribution >= 4 is 22.5 Å². The molecular formula is C22H19N3O3. The number of para-hydroxylation sites is 2. The van der Waals surface area contributed by atoms with Gasteiger partial charge in [-0.25, -0.2) is 0 Å². The van der Waals surface area contributed by atoms with Crippen molar-refractivity contribution in [3.05, 3.63) is 88.9 Å². The first kappa shape index (κ1) is 17.9. The van der Waals surface area contributed by atoms with Crippen molar-refractivity contribution in [2.45, 2.75) is 20.0 Å². The minimum absolute atomic E-state index is 0.0346. The lowest BCUT2D eigenvalue weighted by molar-refractivity contribution is 0.0988. The average Bonchev–Trinajstić information content (AvgIpc) is 3.24. The van der Waals surface area contributed by atoms with Crippen LogP contribution in [0.15, 0.2) is 65.3 Å². The Hall–Kier alpha value is -3.51. The molecule has 0 fully saturated rings. The summed E-state index contributed by atoms with van der Waals surface area (Å²) in [5, 5.41) is 17.1. The van der Waals surface area contributed by atoms with Crippen LogP contribution in [0.25, 0.3) is 10.9 Å². The fourth-order valence-electron chi connectivity index (χ4n) is 3.31. The minimum Gasteiger partial charge on any atom is -0.392 e. The molecule has 0 unspecified atom stereocenters. The fraction of sp³-hybridized carbons (Fsp3) is 0.136. The van der Waals surface area contributed by atoms with Gasteiger partial charge in [-0.1, -0.05) is 41.6 Å². The molecule has 2 aromatic carbocycles. The number of anilines is 1. The van der Waals surface area contributed by atoms with Crippen LogP contribution < -0.4 is 5.32 Å². The first-order valence-corrected chi connectivity index (χ1v) is 8.94. The Morgan fingerprint density at radius 2 is 1.89 bits per heavy atom. The standard InChI is InChI=1S/C22H19N3O3/c1-14-11-17(13-26)18-7-4-6-16(21(18)24-14)12-15-5-2-3-8-19(15)25-22(27)20-9-10-23-28-20/h2-11,26H,12-13H2,1H3,(H,25,27). The number of carbonyl (C=O) groups is 1. The Labute approximate surface area is 161 Å². The summed E-state index contributed by atoms with van der Waals surface area (Å²) < 4.78 is 4.93. The van der Waals surface area contributed by atoms with Crippen LogP contribution in [0.4, 0.5) is 5.69 Å². The van der Waals surface area contributed by atoms with Gasteiger partial charge < -0.3 is 14.9 Å². The summed E-state index contributed by atoms with van der Waals surface area (Å²) in [6, 6.07) is 17.0. The molecule has 28 heavy (non-hydrogen) atoms. The Kier molecular flexibility index (Phi) is 4.87. The van der Waals surface area contributed by atoms with E-state index < -0.39 is 0 Å². The highest BCUT2D eigenvalue weighted by molar-refractivity contribution is 6.02. The summed E-state index contributed by atoms with van der Waals surface area (Å²) in [5.74, 6) is -0.191. The number of aromatic nitrogens is 2. The second-order valence-corrected chi connectivity index (χ2v) is 6.56. The molecule has 1 amide bonds. The van der Waals surface area contributed by atoms with E-state index in [1.54, 1.807) is 0 Å². The van der Waals surface area contributed by atoms with Crippen LogP contribution in [0.1, 0.15) is 32.9 Å². The Morgan fingerprint density at radius 3 is 2.68 bits per heavy atom. The zero-order valence-electron chi connectivity index (χ0n) is 15.3. The van der Waals surface area contributed by atoms with Crippen molar-refractivity contribution in [1.82, 2.24) is 10.1 Å². The average molecular weight is 373 g/mol. The molecule has 0 saturated carbocycles. The summed E-state index contributed by atoms with van der Waals surface area (Å²) in [7, 11) is 0. The molecule has 6 heteroatoms. The molecular weight excluding hydrogens is 354 g/mol. The minimum atomic E-state index is -0.348. The van der Waals surface area contributed by atoms with E-state index in [-0.39, 0.29) is 18.3 Å². The molecule has 0 aliphatic heterocycles. The number of carbonyl (C=O) groups excluding carboxylic acids is 1. The van der Waals surface area contributed by atoms with Crippen molar-refractivity contribution in [3.8, 4) is 0 Å². The molecule has 0 aliphatic carbocycles. The number of amides is 1. The normalized spacial score (nSPS) is 10.9. The maximum atomic E-state index is 12.3. The zero-order valence-corrected chi connectivity index (χ0v) is 15.3. The molecule has 0 spiro atoms. The molecule has 0 saturated heterocycles. The molecule has 4 aromatic rings. The molecule has 2 N–H and O–H groups in total. The van der Waals surface area contributed by atoms with E-state index in [4.69, 9.17) is 4.52 Å². The van der Waals surface area contributed by atoms with Gasteiger partial charge in [0, 0.05) is 29.3 Å². The lowest BCUT2D eigenvalue weighted by Gasteiger charge is -2.13. The predicted molar refractivity (Wildman–Crippen MR) is 106 cm³/mol. The first-order chi connectivity index (χ1) is 13.7. The molecule has 0 atom stereocenters. The molecule has 6 nitrogen and oxygen atoms in total. The van der Waals surface area contributed by atoms with Crippen molar-refractivity contribution in [2.24, 2.45) is 0 Å². The van der Waals surface area contributed by atoms with Crippen molar-refractivity contribution < 1.29 is 14.4 Å². The molecule has 0 aliphatic rings. The number of aliphatic hydroxyl groups is 1. The highest BCUT2D eigenvalue weighted by Crippen LogP contribution is 2.26. The van der Waals surface area contributed by atoms with E-state index in [0.717, 1.165) is 33.3 Å². The maximum Gasteiger partial charge on any atom is 0.294 e. The summed E-state index contributed by atoms with van der Waals surface area (Å²) in [5.41, 5.74) is 5.26. The second kappa shape index (κ2) is 7.62. The monoisotopic (exact) mass is 373 g/mol. The van der Waals surface area contributed by atoms with Crippen LogP contribution in [0, 0.1) is 6.92 Å². The third-order valence-electron chi connectivity index (χ3n) is 4.62. The molecule has 4 rings (SSSR count). The van der Waals surface area contributed by atoms with E-state index in [2.05, 4.69) is 15.5 Å². The van der Waals surface area contributed by atoms with E-state index in [1.807, 2.05) is 55.5 Å². The van der Waals surface area contributed by atoms with Gasteiger partial charge in [0.25, 0.3) is 5.91 Å². The Bertz CT molecular complexity index is 1140. The van der Waals surface area contributed by atoms with Crippen molar-refractivity contribution in [1.29, 1.82) is 0 Å². The molecule has 2 aromatic heterocycles. The lowest BCUT2D eigenvalue weighted by Crippen LogP contribution is -2.12. The fourth-order valence-corrected chi connectivity index (χ4v) is 3.31. The van der Waals surface area contributed by atoms with Gasteiger partial charge in [0.05, 0.1) is 18.3 Å². The van der Waals surface area contributed by atoms with Gasteiger partial charge in [-0.2, -0.15) is 0 Å². The topological polar surface area (TPSA) is 88.2 Å². The van der Waals surface area contributed by atoms with Gasteiger partial charge in [-0.3, -0.25) is 9.78 Å².